The summed E-state index contributed by atoms with van der Waals surface area (Å²) in [6.45, 7) is 1.83. The number of anilines is 2. The molecule has 2 aliphatic rings. The van der Waals surface area contributed by atoms with Crippen LogP contribution in [0.2, 0.25) is 0 Å². The zero-order valence-electron chi connectivity index (χ0n) is 16.0. The number of piperidine rings is 1. The van der Waals surface area contributed by atoms with Gasteiger partial charge < -0.3 is 10.2 Å². The van der Waals surface area contributed by atoms with Crippen LogP contribution >= 0.6 is 0 Å². The van der Waals surface area contributed by atoms with Gasteiger partial charge in [0.05, 0.1) is 0 Å². The lowest BCUT2D eigenvalue weighted by atomic mass is 9.74. The van der Waals surface area contributed by atoms with Gasteiger partial charge in [0.15, 0.2) is 11.5 Å². The zero-order chi connectivity index (χ0) is 19.7. The van der Waals surface area contributed by atoms with Crippen LogP contribution in [-0.2, 0) is 5.41 Å². The van der Waals surface area contributed by atoms with Crippen LogP contribution in [0.25, 0.3) is 6.08 Å². The summed E-state index contributed by atoms with van der Waals surface area (Å²) in [6, 6.07) is 15.7. The van der Waals surface area contributed by atoms with Crippen molar-refractivity contribution in [2.75, 3.05) is 23.3 Å². The highest BCUT2D eigenvalue weighted by molar-refractivity contribution is 6.02. The van der Waals surface area contributed by atoms with Crippen molar-refractivity contribution >= 4 is 23.5 Å². The normalized spacial score (nSPS) is 16.6. The highest BCUT2D eigenvalue weighted by atomic mass is 16.1. The molecule has 6 nitrogen and oxygen atoms in total. The minimum atomic E-state index is -0.277. The van der Waals surface area contributed by atoms with Gasteiger partial charge in [-0.25, -0.2) is 0 Å². The number of pyridine rings is 1. The smallest absolute Gasteiger partial charge is 0.276 e. The molecule has 1 amide bonds. The molecule has 0 bridgehead atoms. The summed E-state index contributed by atoms with van der Waals surface area (Å²) in [4.78, 5) is 18.5. The second-order valence-electron chi connectivity index (χ2n) is 7.53. The molecular weight excluding hydrogens is 362 g/mol. The van der Waals surface area contributed by atoms with Crippen LogP contribution in [0.1, 0.15) is 34.5 Å². The van der Waals surface area contributed by atoms with Gasteiger partial charge in [-0.05, 0) is 48.2 Å². The molecule has 29 heavy (non-hydrogen) atoms. The molecule has 0 unspecified atom stereocenters. The van der Waals surface area contributed by atoms with E-state index in [4.69, 9.17) is 0 Å². The molecule has 1 N–H and O–H groups in total. The lowest BCUT2D eigenvalue weighted by Gasteiger charge is -2.39. The Labute approximate surface area is 169 Å². The molecule has 5 rings (SSSR count). The molecule has 1 aromatic carbocycles. The minimum absolute atomic E-state index is 0.144. The summed E-state index contributed by atoms with van der Waals surface area (Å²) < 4.78 is 0. The standard InChI is InChI=1S/C23H21N5O/c29-22(25-18-8-13-24-14-9-18)20-5-6-21(27-26-20)28-15-11-23(12-16-28)10-7-17-3-1-2-4-19(17)23/h1-10,13-14H,11-12,15-16H2,(H,24,25,29). The first kappa shape index (κ1) is 17.6. The molecule has 2 aromatic heterocycles. The number of allylic oxidation sites excluding steroid dienone is 1. The third kappa shape index (κ3) is 3.27. The van der Waals surface area contributed by atoms with Crippen LogP contribution in [0.15, 0.2) is 67.0 Å². The number of carbonyl (C=O) groups excluding carboxylic acids is 1. The number of benzene rings is 1. The van der Waals surface area contributed by atoms with E-state index in [2.05, 4.69) is 61.8 Å². The first-order chi connectivity index (χ1) is 14.2. The van der Waals surface area contributed by atoms with Crippen LogP contribution in [-0.4, -0.2) is 34.2 Å². The molecule has 144 valence electrons. The Kier molecular flexibility index (Phi) is 4.31. The molecule has 0 saturated carbocycles. The third-order valence-electron chi connectivity index (χ3n) is 5.88. The van der Waals surface area contributed by atoms with Crippen molar-refractivity contribution in [2.24, 2.45) is 0 Å². The predicted molar refractivity (Wildman–Crippen MR) is 113 cm³/mol. The highest BCUT2D eigenvalue weighted by Crippen LogP contribution is 2.43. The van der Waals surface area contributed by atoms with Gasteiger partial charge in [-0.1, -0.05) is 36.4 Å². The Morgan fingerprint density at radius 1 is 0.966 bits per heavy atom. The van der Waals surface area contributed by atoms with E-state index in [0.717, 1.165) is 31.7 Å². The number of hydrogen-bond acceptors (Lipinski definition) is 5. The van der Waals surface area contributed by atoms with E-state index in [1.165, 1.54) is 11.1 Å². The maximum absolute atomic E-state index is 12.3. The zero-order valence-corrected chi connectivity index (χ0v) is 16.0. The fraction of sp³-hybridized carbons (Fsp3) is 0.217. The first-order valence-electron chi connectivity index (χ1n) is 9.82. The Morgan fingerprint density at radius 2 is 1.76 bits per heavy atom. The van der Waals surface area contributed by atoms with Crippen molar-refractivity contribution < 1.29 is 4.79 Å². The van der Waals surface area contributed by atoms with Crippen LogP contribution in [0.5, 0.6) is 0 Å². The second-order valence-corrected chi connectivity index (χ2v) is 7.53. The largest absolute Gasteiger partial charge is 0.355 e. The summed E-state index contributed by atoms with van der Waals surface area (Å²) in [7, 11) is 0. The number of carbonyl (C=O) groups is 1. The fourth-order valence-electron chi connectivity index (χ4n) is 4.25. The topological polar surface area (TPSA) is 71.0 Å². The van der Waals surface area contributed by atoms with Crippen molar-refractivity contribution in [2.45, 2.75) is 18.3 Å². The average Bonchev–Trinajstić information content (AvgIpc) is 3.13. The molecule has 1 aliphatic carbocycles. The molecule has 1 saturated heterocycles. The molecule has 3 heterocycles. The van der Waals surface area contributed by atoms with Crippen LogP contribution in [0.4, 0.5) is 11.5 Å². The number of aromatic nitrogens is 3. The fourth-order valence-corrected chi connectivity index (χ4v) is 4.25. The van der Waals surface area contributed by atoms with Gasteiger partial charge in [-0.2, -0.15) is 0 Å². The second kappa shape index (κ2) is 7.13. The van der Waals surface area contributed by atoms with E-state index < -0.39 is 0 Å². The molecule has 1 aliphatic heterocycles. The van der Waals surface area contributed by atoms with Crippen molar-refractivity contribution in [3.63, 3.8) is 0 Å². The summed E-state index contributed by atoms with van der Waals surface area (Å²) in [5.41, 5.74) is 3.90. The molecule has 0 radical (unpaired) electrons. The van der Waals surface area contributed by atoms with Crippen molar-refractivity contribution in [3.8, 4) is 0 Å². The van der Waals surface area contributed by atoms with E-state index in [1.807, 2.05) is 6.07 Å². The summed E-state index contributed by atoms with van der Waals surface area (Å²) in [5, 5.41) is 11.2. The average molecular weight is 383 g/mol. The van der Waals surface area contributed by atoms with Gasteiger partial charge >= 0.3 is 0 Å². The van der Waals surface area contributed by atoms with Gasteiger partial charge in [0.2, 0.25) is 0 Å². The van der Waals surface area contributed by atoms with Crippen molar-refractivity contribution in [1.82, 2.24) is 15.2 Å². The minimum Gasteiger partial charge on any atom is -0.355 e. The lowest BCUT2D eigenvalue weighted by Crippen LogP contribution is -2.41. The number of fused-ring (bicyclic) bond motifs is 2. The SMILES string of the molecule is O=C(Nc1ccncc1)c1ccc(N2CCC3(C=Cc4ccccc43)CC2)nn1. The van der Waals surface area contributed by atoms with E-state index in [9.17, 15) is 4.79 Å². The summed E-state index contributed by atoms with van der Waals surface area (Å²) >= 11 is 0. The van der Waals surface area contributed by atoms with Crippen molar-refractivity contribution in [1.29, 1.82) is 0 Å². The maximum atomic E-state index is 12.3. The van der Waals surface area contributed by atoms with Gasteiger partial charge in [0.25, 0.3) is 5.91 Å². The Hall–Kier alpha value is -3.54. The number of nitrogens with one attached hydrogen (secondary N) is 1. The van der Waals surface area contributed by atoms with E-state index >= 15 is 0 Å². The van der Waals surface area contributed by atoms with Gasteiger partial charge in [0.1, 0.15) is 0 Å². The monoisotopic (exact) mass is 383 g/mol. The Morgan fingerprint density at radius 3 is 2.52 bits per heavy atom. The van der Waals surface area contributed by atoms with E-state index in [-0.39, 0.29) is 11.3 Å². The van der Waals surface area contributed by atoms with Crippen LogP contribution in [0.3, 0.4) is 0 Å². The highest BCUT2D eigenvalue weighted by Gasteiger charge is 2.38. The quantitative estimate of drug-likeness (QED) is 0.747. The van der Waals surface area contributed by atoms with E-state index in [1.54, 1.807) is 30.6 Å². The number of amides is 1. The molecule has 1 fully saturated rings. The lowest BCUT2D eigenvalue weighted by molar-refractivity contribution is 0.102. The van der Waals surface area contributed by atoms with E-state index in [0.29, 0.717) is 11.4 Å². The van der Waals surface area contributed by atoms with Gasteiger partial charge in [-0.3, -0.25) is 9.78 Å². The maximum Gasteiger partial charge on any atom is 0.276 e. The molecular formula is C23H21N5O. The number of nitrogens with zero attached hydrogens (tertiary/aromatic N) is 4. The molecule has 3 aromatic rings. The number of hydrogen-bond donors (Lipinski definition) is 1. The van der Waals surface area contributed by atoms with Crippen molar-refractivity contribution in [3.05, 3.63) is 83.8 Å². The third-order valence-corrected chi connectivity index (χ3v) is 5.88. The van der Waals surface area contributed by atoms with Crippen LogP contribution in [0, 0.1) is 0 Å². The Balaban J connectivity index is 1.25. The summed E-state index contributed by atoms with van der Waals surface area (Å²) in [6.07, 6.45) is 9.98. The predicted octanol–water partition coefficient (Wildman–Crippen LogP) is 3.69. The molecule has 1 spiro atoms. The van der Waals surface area contributed by atoms with Crippen LogP contribution < -0.4 is 10.2 Å². The number of rotatable bonds is 3. The molecule has 6 heteroatoms. The first-order valence-corrected chi connectivity index (χ1v) is 9.82. The van der Waals surface area contributed by atoms with Gasteiger partial charge in [0, 0.05) is 36.6 Å². The van der Waals surface area contributed by atoms with Gasteiger partial charge in [-0.15, -0.1) is 10.2 Å². The molecule has 0 atom stereocenters. The Bertz CT molecular complexity index is 1050. The summed E-state index contributed by atoms with van der Waals surface area (Å²) in [5.74, 6) is 0.538.